The largest absolute Gasteiger partial charge is 0.293 e. The van der Waals surface area contributed by atoms with Gasteiger partial charge in [-0.05, 0) is 24.1 Å². The van der Waals surface area contributed by atoms with Crippen molar-refractivity contribution in [2.45, 2.75) is 13.3 Å². The summed E-state index contributed by atoms with van der Waals surface area (Å²) in [7, 11) is 0. The van der Waals surface area contributed by atoms with Gasteiger partial charge in [0.1, 0.15) is 0 Å². The Morgan fingerprint density at radius 3 is 2.54 bits per heavy atom. The van der Waals surface area contributed by atoms with E-state index in [1.165, 1.54) is 10.6 Å². The predicted octanol–water partition coefficient (Wildman–Crippen LogP) is 3.31. The van der Waals surface area contributed by atoms with E-state index in [4.69, 9.17) is 4.98 Å². The summed E-state index contributed by atoms with van der Waals surface area (Å²) in [5.41, 5.74) is 4.76. The molecule has 1 N–H and O–H groups in total. The second-order valence-electron chi connectivity index (χ2n) is 5.54. The fourth-order valence-electron chi connectivity index (χ4n) is 2.89. The number of fused-ring (bicyclic) bond motifs is 1. The Morgan fingerprint density at radius 2 is 1.83 bits per heavy atom. The number of H-pyrrole nitrogens is 1. The highest BCUT2D eigenvalue weighted by Crippen LogP contribution is 2.28. The number of hydrogen-bond acceptors (Lipinski definition) is 3. The van der Waals surface area contributed by atoms with E-state index in [1.807, 2.05) is 48.5 Å². The van der Waals surface area contributed by atoms with Crippen LogP contribution in [0.3, 0.4) is 0 Å². The summed E-state index contributed by atoms with van der Waals surface area (Å²) in [5, 5.41) is 3.18. The van der Waals surface area contributed by atoms with Crippen molar-refractivity contribution >= 4 is 5.65 Å². The van der Waals surface area contributed by atoms with Crippen LogP contribution >= 0.6 is 0 Å². The van der Waals surface area contributed by atoms with Gasteiger partial charge in [0.25, 0.3) is 5.56 Å². The number of benzene rings is 1. The number of rotatable bonds is 3. The van der Waals surface area contributed by atoms with Gasteiger partial charge in [0.15, 0.2) is 5.65 Å². The fraction of sp³-hybridized carbons (Fsp3) is 0.105. The summed E-state index contributed by atoms with van der Waals surface area (Å²) >= 11 is 0. The number of pyridine rings is 1. The van der Waals surface area contributed by atoms with Crippen LogP contribution in [-0.4, -0.2) is 19.6 Å². The molecule has 118 valence electrons. The van der Waals surface area contributed by atoms with Crippen molar-refractivity contribution in [1.82, 2.24) is 19.6 Å². The van der Waals surface area contributed by atoms with E-state index in [0.717, 1.165) is 23.2 Å². The van der Waals surface area contributed by atoms with Crippen LogP contribution in [0.15, 0.2) is 65.6 Å². The second kappa shape index (κ2) is 5.77. The van der Waals surface area contributed by atoms with Crippen LogP contribution in [0.25, 0.3) is 28.2 Å². The molecule has 0 aliphatic rings. The Kier molecular flexibility index (Phi) is 3.46. The lowest BCUT2D eigenvalue weighted by atomic mass is 10.0. The summed E-state index contributed by atoms with van der Waals surface area (Å²) in [6, 6.07) is 17.1. The van der Waals surface area contributed by atoms with E-state index in [1.54, 1.807) is 6.20 Å². The smallest absolute Gasteiger partial charge is 0.273 e. The molecule has 0 amide bonds. The fourth-order valence-corrected chi connectivity index (χ4v) is 2.89. The van der Waals surface area contributed by atoms with Crippen molar-refractivity contribution in [2.24, 2.45) is 0 Å². The SMILES string of the molecule is CCc1[nH]n2c(=O)cc(-c3ccccn3)nc2c1-c1ccccc1. The average Bonchev–Trinajstić information content (AvgIpc) is 3.02. The molecule has 0 atom stereocenters. The highest BCUT2D eigenvalue weighted by molar-refractivity contribution is 5.81. The molecule has 0 aliphatic heterocycles. The normalized spacial score (nSPS) is 11.0. The molecule has 0 bridgehead atoms. The van der Waals surface area contributed by atoms with E-state index in [9.17, 15) is 4.79 Å². The van der Waals surface area contributed by atoms with Gasteiger partial charge in [-0.1, -0.05) is 43.3 Å². The average molecular weight is 316 g/mol. The Hall–Kier alpha value is -3.21. The standard InChI is InChI=1S/C19H16N4O/c1-2-14-18(13-8-4-3-5-9-13)19-21-16(12-17(24)23(19)22-14)15-10-6-7-11-20-15/h3-12,22H,2H2,1H3. The van der Waals surface area contributed by atoms with Crippen LogP contribution in [0.2, 0.25) is 0 Å². The summed E-state index contributed by atoms with van der Waals surface area (Å²) in [6.07, 6.45) is 2.48. The molecule has 0 radical (unpaired) electrons. The lowest BCUT2D eigenvalue weighted by molar-refractivity contribution is 0.858. The molecule has 3 heterocycles. The molecule has 0 spiro atoms. The highest BCUT2D eigenvalue weighted by atomic mass is 16.1. The van der Waals surface area contributed by atoms with E-state index in [0.29, 0.717) is 17.0 Å². The molecular weight excluding hydrogens is 300 g/mol. The lowest BCUT2D eigenvalue weighted by Crippen LogP contribution is -2.14. The third-order valence-electron chi connectivity index (χ3n) is 4.03. The molecular formula is C19H16N4O. The first-order chi connectivity index (χ1) is 11.8. The zero-order valence-electron chi connectivity index (χ0n) is 13.2. The van der Waals surface area contributed by atoms with Gasteiger partial charge in [-0.25, -0.2) is 9.50 Å². The van der Waals surface area contributed by atoms with Gasteiger partial charge in [-0.2, -0.15) is 0 Å². The van der Waals surface area contributed by atoms with Gasteiger partial charge in [-0.15, -0.1) is 0 Å². The van der Waals surface area contributed by atoms with E-state index in [2.05, 4.69) is 17.0 Å². The van der Waals surface area contributed by atoms with Crippen LogP contribution in [-0.2, 0) is 6.42 Å². The van der Waals surface area contributed by atoms with Gasteiger partial charge in [-0.3, -0.25) is 14.9 Å². The third-order valence-corrected chi connectivity index (χ3v) is 4.03. The van der Waals surface area contributed by atoms with E-state index in [-0.39, 0.29) is 5.56 Å². The predicted molar refractivity (Wildman–Crippen MR) is 93.9 cm³/mol. The summed E-state index contributed by atoms with van der Waals surface area (Å²) in [6.45, 7) is 2.06. The minimum absolute atomic E-state index is 0.141. The Bertz CT molecular complexity index is 1050. The molecule has 5 heteroatoms. The second-order valence-corrected chi connectivity index (χ2v) is 5.54. The van der Waals surface area contributed by atoms with Crippen LogP contribution < -0.4 is 5.56 Å². The molecule has 4 aromatic rings. The number of aromatic amines is 1. The molecule has 0 unspecified atom stereocenters. The van der Waals surface area contributed by atoms with Gasteiger partial charge in [0.05, 0.1) is 11.4 Å². The molecule has 0 saturated heterocycles. The summed E-state index contributed by atoms with van der Waals surface area (Å²) in [4.78, 5) is 21.6. The Morgan fingerprint density at radius 1 is 1.04 bits per heavy atom. The first-order valence-corrected chi connectivity index (χ1v) is 7.89. The summed E-state index contributed by atoms with van der Waals surface area (Å²) in [5.74, 6) is 0. The van der Waals surface area contributed by atoms with Gasteiger partial charge >= 0.3 is 0 Å². The van der Waals surface area contributed by atoms with Crippen molar-refractivity contribution in [3.05, 3.63) is 76.8 Å². The van der Waals surface area contributed by atoms with Crippen molar-refractivity contribution in [3.63, 3.8) is 0 Å². The molecule has 0 fully saturated rings. The quantitative estimate of drug-likeness (QED) is 0.630. The van der Waals surface area contributed by atoms with Gasteiger partial charge in [0, 0.05) is 23.5 Å². The summed E-state index contributed by atoms with van der Waals surface area (Å²) < 4.78 is 1.51. The number of aromatic nitrogens is 4. The van der Waals surface area contributed by atoms with Crippen LogP contribution in [0, 0.1) is 0 Å². The lowest BCUT2D eigenvalue weighted by Gasteiger charge is -2.03. The molecule has 3 aromatic heterocycles. The van der Waals surface area contributed by atoms with Crippen LogP contribution in [0.5, 0.6) is 0 Å². The van der Waals surface area contributed by atoms with Crippen molar-refractivity contribution in [2.75, 3.05) is 0 Å². The van der Waals surface area contributed by atoms with E-state index >= 15 is 0 Å². The van der Waals surface area contributed by atoms with Gasteiger partial charge < -0.3 is 0 Å². The monoisotopic (exact) mass is 316 g/mol. The minimum Gasteiger partial charge on any atom is -0.293 e. The van der Waals surface area contributed by atoms with Crippen molar-refractivity contribution in [3.8, 4) is 22.5 Å². The zero-order valence-corrected chi connectivity index (χ0v) is 13.2. The maximum Gasteiger partial charge on any atom is 0.273 e. The number of hydrogen-bond donors (Lipinski definition) is 1. The van der Waals surface area contributed by atoms with Crippen molar-refractivity contribution in [1.29, 1.82) is 0 Å². The van der Waals surface area contributed by atoms with Crippen molar-refractivity contribution < 1.29 is 0 Å². The minimum atomic E-state index is -0.141. The molecule has 4 rings (SSSR count). The molecule has 5 nitrogen and oxygen atoms in total. The maximum atomic E-state index is 12.5. The Labute approximate surface area is 138 Å². The van der Waals surface area contributed by atoms with Crippen LogP contribution in [0.1, 0.15) is 12.6 Å². The number of nitrogens with zero attached hydrogens (tertiary/aromatic N) is 3. The number of aryl methyl sites for hydroxylation is 1. The molecule has 0 saturated carbocycles. The maximum absolute atomic E-state index is 12.5. The molecule has 0 aliphatic carbocycles. The molecule has 24 heavy (non-hydrogen) atoms. The highest BCUT2D eigenvalue weighted by Gasteiger charge is 2.16. The molecule has 1 aromatic carbocycles. The first kappa shape index (κ1) is 14.4. The first-order valence-electron chi connectivity index (χ1n) is 7.89. The third kappa shape index (κ3) is 2.31. The Balaban J connectivity index is 2.05. The topological polar surface area (TPSA) is 63.0 Å². The van der Waals surface area contributed by atoms with Crippen LogP contribution in [0.4, 0.5) is 0 Å². The zero-order chi connectivity index (χ0) is 16.5. The van der Waals surface area contributed by atoms with Gasteiger partial charge in [0.2, 0.25) is 0 Å². The number of nitrogens with one attached hydrogen (secondary N) is 1. The van der Waals surface area contributed by atoms with E-state index < -0.39 is 0 Å².